The van der Waals surface area contributed by atoms with Crippen LogP contribution in [0.15, 0.2) is 51.8 Å². The minimum atomic E-state index is -3.76. The first kappa shape index (κ1) is 19.3. The fraction of sp³-hybridized carbons (Fsp3) is 0.235. The molecular weight excluding hydrogens is 447 g/mol. The molecule has 1 heterocycles. The highest BCUT2D eigenvalue weighted by molar-refractivity contribution is 9.10. The van der Waals surface area contributed by atoms with Crippen molar-refractivity contribution in [1.82, 2.24) is 9.21 Å². The Labute approximate surface area is 164 Å². The second kappa shape index (κ2) is 7.64. The molecule has 5 nitrogen and oxygen atoms in total. The molecule has 2 aromatic carbocycles. The van der Waals surface area contributed by atoms with Crippen LogP contribution in [0.1, 0.15) is 10.4 Å². The third-order valence-corrected chi connectivity index (χ3v) is 7.02. The first-order chi connectivity index (χ1) is 12.3. The number of piperazine rings is 1. The number of amides is 1. The Morgan fingerprint density at radius 2 is 1.73 bits per heavy atom. The standard InChI is InChI=1S/C17H15BrClFN2O3S/c18-12-5-6-16(14(19)11-12)26(24,25)22-9-7-21(8-10-22)17(23)13-3-1-2-4-15(13)20/h1-6,11H,7-10H2. The van der Waals surface area contributed by atoms with E-state index in [1.165, 1.54) is 39.5 Å². The summed E-state index contributed by atoms with van der Waals surface area (Å²) >= 11 is 9.31. The van der Waals surface area contributed by atoms with Crippen LogP contribution < -0.4 is 0 Å². The lowest BCUT2D eigenvalue weighted by Crippen LogP contribution is -2.50. The molecule has 1 amide bonds. The van der Waals surface area contributed by atoms with E-state index in [4.69, 9.17) is 11.6 Å². The number of rotatable bonds is 3. The van der Waals surface area contributed by atoms with Crippen molar-refractivity contribution >= 4 is 43.5 Å². The first-order valence-electron chi connectivity index (χ1n) is 7.80. The molecule has 2 aromatic rings. The van der Waals surface area contributed by atoms with Gasteiger partial charge in [-0.05, 0) is 30.3 Å². The van der Waals surface area contributed by atoms with E-state index in [0.717, 1.165) is 0 Å². The molecule has 1 fully saturated rings. The van der Waals surface area contributed by atoms with Crippen molar-refractivity contribution < 1.29 is 17.6 Å². The van der Waals surface area contributed by atoms with Crippen molar-refractivity contribution in [2.45, 2.75) is 4.90 Å². The van der Waals surface area contributed by atoms with E-state index in [9.17, 15) is 17.6 Å². The highest BCUT2D eigenvalue weighted by Gasteiger charge is 2.32. The normalized spacial score (nSPS) is 15.9. The quantitative estimate of drug-likeness (QED) is 0.704. The summed E-state index contributed by atoms with van der Waals surface area (Å²) in [5.74, 6) is -1.03. The lowest BCUT2D eigenvalue weighted by atomic mass is 10.1. The Balaban J connectivity index is 1.74. The number of hydrogen-bond acceptors (Lipinski definition) is 3. The number of halogens is 3. The van der Waals surface area contributed by atoms with Crippen LogP contribution in [0.25, 0.3) is 0 Å². The number of nitrogens with zero attached hydrogens (tertiary/aromatic N) is 2. The van der Waals surface area contributed by atoms with Gasteiger partial charge < -0.3 is 4.90 Å². The van der Waals surface area contributed by atoms with Crippen molar-refractivity contribution in [3.63, 3.8) is 0 Å². The van der Waals surface area contributed by atoms with Crippen LogP contribution in [0, 0.1) is 5.82 Å². The van der Waals surface area contributed by atoms with Gasteiger partial charge in [0.15, 0.2) is 0 Å². The molecule has 26 heavy (non-hydrogen) atoms. The van der Waals surface area contributed by atoms with E-state index in [-0.39, 0.29) is 41.7 Å². The van der Waals surface area contributed by atoms with Gasteiger partial charge in [-0.2, -0.15) is 4.31 Å². The van der Waals surface area contributed by atoms with Crippen molar-refractivity contribution in [3.05, 3.63) is 63.3 Å². The Bertz CT molecular complexity index is 947. The largest absolute Gasteiger partial charge is 0.336 e. The van der Waals surface area contributed by atoms with Gasteiger partial charge in [-0.15, -0.1) is 0 Å². The van der Waals surface area contributed by atoms with Gasteiger partial charge in [0, 0.05) is 30.7 Å². The molecule has 9 heteroatoms. The topological polar surface area (TPSA) is 57.7 Å². The zero-order chi connectivity index (χ0) is 18.9. The Kier molecular flexibility index (Phi) is 5.67. The average molecular weight is 462 g/mol. The van der Waals surface area contributed by atoms with Crippen LogP contribution in [-0.4, -0.2) is 49.7 Å². The summed E-state index contributed by atoms with van der Waals surface area (Å²) < 4.78 is 41.3. The van der Waals surface area contributed by atoms with Gasteiger partial charge >= 0.3 is 0 Å². The summed E-state index contributed by atoms with van der Waals surface area (Å²) in [6.07, 6.45) is 0. The molecule has 0 aliphatic carbocycles. The van der Waals surface area contributed by atoms with E-state index in [1.54, 1.807) is 12.1 Å². The molecule has 1 aliphatic heterocycles. The second-order valence-electron chi connectivity index (χ2n) is 5.75. The molecule has 0 spiro atoms. The number of hydrogen-bond donors (Lipinski definition) is 0. The molecule has 0 aromatic heterocycles. The Morgan fingerprint density at radius 3 is 2.35 bits per heavy atom. The third-order valence-electron chi connectivity index (χ3n) is 4.14. The number of carbonyl (C=O) groups excluding carboxylic acids is 1. The van der Waals surface area contributed by atoms with Gasteiger partial charge in [0.2, 0.25) is 10.0 Å². The summed E-state index contributed by atoms with van der Waals surface area (Å²) in [7, 11) is -3.76. The summed E-state index contributed by atoms with van der Waals surface area (Å²) in [5, 5.41) is 0.129. The zero-order valence-corrected chi connectivity index (χ0v) is 16.7. The molecule has 0 N–H and O–H groups in total. The number of carbonyl (C=O) groups is 1. The van der Waals surface area contributed by atoms with Crippen LogP contribution >= 0.6 is 27.5 Å². The van der Waals surface area contributed by atoms with E-state index in [0.29, 0.717) is 4.47 Å². The maximum atomic E-state index is 13.8. The second-order valence-corrected chi connectivity index (χ2v) is 8.98. The van der Waals surface area contributed by atoms with Crippen molar-refractivity contribution in [1.29, 1.82) is 0 Å². The van der Waals surface area contributed by atoms with Crippen LogP contribution in [-0.2, 0) is 10.0 Å². The maximum Gasteiger partial charge on any atom is 0.256 e. The number of benzene rings is 2. The van der Waals surface area contributed by atoms with E-state index in [2.05, 4.69) is 15.9 Å². The van der Waals surface area contributed by atoms with Gasteiger partial charge in [0.25, 0.3) is 5.91 Å². The highest BCUT2D eigenvalue weighted by Crippen LogP contribution is 2.28. The predicted octanol–water partition coefficient (Wildman–Crippen LogP) is 3.39. The predicted molar refractivity (Wildman–Crippen MR) is 100 cm³/mol. The molecule has 1 saturated heterocycles. The minimum Gasteiger partial charge on any atom is -0.336 e. The molecule has 0 radical (unpaired) electrons. The monoisotopic (exact) mass is 460 g/mol. The Morgan fingerprint density at radius 1 is 1.08 bits per heavy atom. The van der Waals surface area contributed by atoms with Crippen LogP contribution in [0.2, 0.25) is 5.02 Å². The summed E-state index contributed by atoms with van der Waals surface area (Å²) in [4.78, 5) is 13.9. The molecule has 0 unspecified atom stereocenters. The van der Waals surface area contributed by atoms with Gasteiger partial charge in [-0.1, -0.05) is 39.7 Å². The average Bonchev–Trinajstić information content (AvgIpc) is 2.61. The Hall–Kier alpha value is -1.48. The summed E-state index contributed by atoms with van der Waals surface area (Å²) in [6.45, 7) is 0.602. The van der Waals surface area contributed by atoms with Gasteiger partial charge in [-0.25, -0.2) is 12.8 Å². The molecule has 0 bridgehead atoms. The number of sulfonamides is 1. The van der Waals surface area contributed by atoms with Crippen molar-refractivity contribution in [2.24, 2.45) is 0 Å². The fourth-order valence-electron chi connectivity index (χ4n) is 2.76. The van der Waals surface area contributed by atoms with Crippen molar-refractivity contribution in [2.75, 3.05) is 26.2 Å². The van der Waals surface area contributed by atoms with E-state index >= 15 is 0 Å². The minimum absolute atomic E-state index is 0.0141. The summed E-state index contributed by atoms with van der Waals surface area (Å²) in [6, 6.07) is 10.3. The maximum absolute atomic E-state index is 13.8. The SMILES string of the molecule is O=C(c1ccccc1F)N1CCN(S(=O)(=O)c2ccc(Br)cc2Cl)CC1. The fourth-order valence-corrected chi connectivity index (χ4v) is 5.19. The van der Waals surface area contributed by atoms with Crippen LogP contribution in [0.3, 0.4) is 0 Å². The molecule has 0 atom stereocenters. The van der Waals surface area contributed by atoms with Gasteiger partial charge in [0.1, 0.15) is 10.7 Å². The smallest absolute Gasteiger partial charge is 0.256 e. The van der Waals surface area contributed by atoms with Crippen LogP contribution in [0.5, 0.6) is 0 Å². The van der Waals surface area contributed by atoms with Gasteiger partial charge in [0.05, 0.1) is 10.6 Å². The lowest BCUT2D eigenvalue weighted by molar-refractivity contribution is 0.0693. The van der Waals surface area contributed by atoms with Gasteiger partial charge in [-0.3, -0.25) is 4.79 Å². The zero-order valence-electron chi connectivity index (χ0n) is 13.5. The first-order valence-corrected chi connectivity index (χ1v) is 10.4. The van der Waals surface area contributed by atoms with Crippen molar-refractivity contribution in [3.8, 4) is 0 Å². The third kappa shape index (κ3) is 3.78. The summed E-state index contributed by atoms with van der Waals surface area (Å²) in [5.41, 5.74) is -0.0141. The molecule has 0 saturated carbocycles. The molecule has 138 valence electrons. The molecule has 3 rings (SSSR count). The van der Waals surface area contributed by atoms with E-state index in [1.807, 2.05) is 0 Å². The highest BCUT2D eigenvalue weighted by atomic mass is 79.9. The lowest BCUT2D eigenvalue weighted by Gasteiger charge is -2.34. The van der Waals surface area contributed by atoms with E-state index < -0.39 is 21.7 Å². The molecular formula is C17H15BrClFN2O3S. The molecule has 1 aliphatic rings. The van der Waals surface area contributed by atoms with Crippen LogP contribution in [0.4, 0.5) is 4.39 Å².